The van der Waals surface area contributed by atoms with E-state index in [1.807, 2.05) is 6.92 Å². The van der Waals surface area contributed by atoms with Gasteiger partial charge in [-0.15, -0.1) is 0 Å². The number of hydrogen-bond donors (Lipinski definition) is 0. The first-order chi connectivity index (χ1) is 7.34. The first-order valence-electron chi connectivity index (χ1n) is 6.18. The van der Waals surface area contributed by atoms with Gasteiger partial charge >= 0.3 is 0 Å². The van der Waals surface area contributed by atoms with Gasteiger partial charge in [0.1, 0.15) is 0 Å². The van der Waals surface area contributed by atoms with Gasteiger partial charge in [-0.1, -0.05) is 27.4 Å². The van der Waals surface area contributed by atoms with Crippen LogP contribution in [0.5, 0.6) is 0 Å². The van der Waals surface area contributed by atoms with E-state index in [0.29, 0.717) is 11.5 Å². The van der Waals surface area contributed by atoms with Gasteiger partial charge in [0, 0.05) is 7.11 Å². The SMILES string of the molecule is C=C(C)C(OC)OC1CC(C)CC(C)(C)C1. The van der Waals surface area contributed by atoms with Crippen molar-refractivity contribution in [2.75, 3.05) is 7.11 Å². The minimum absolute atomic E-state index is 0.244. The van der Waals surface area contributed by atoms with Crippen molar-refractivity contribution in [3.8, 4) is 0 Å². The molecule has 1 rings (SSSR count). The Labute approximate surface area is 100 Å². The van der Waals surface area contributed by atoms with Crippen LogP contribution < -0.4 is 0 Å². The third kappa shape index (κ3) is 3.91. The molecule has 0 radical (unpaired) electrons. The van der Waals surface area contributed by atoms with E-state index < -0.39 is 0 Å². The van der Waals surface area contributed by atoms with Crippen molar-refractivity contribution in [3.63, 3.8) is 0 Å². The van der Waals surface area contributed by atoms with E-state index in [0.717, 1.165) is 24.3 Å². The van der Waals surface area contributed by atoms with E-state index in [-0.39, 0.29) is 6.29 Å². The number of rotatable bonds is 4. The van der Waals surface area contributed by atoms with Crippen LogP contribution in [-0.2, 0) is 9.47 Å². The molecule has 3 unspecified atom stereocenters. The lowest BCUT2D eigenvalue weighted by Crippen LogP contribution is -2.35. The number of methoxy groups -OCH3 is 1. The maximum Gasteiger partial charge on any atom is 0.179 e. The lowest BCUT2D eigenvalue weighted by molar-refractivity contribution is -0.154. The Morgan fingerprint density at radius 3 is 2.44 bits per heavy atom. The highest BCUT2D eigenvalue weighted by Gasteiger charge is 2.33. The lowest BCUT2D eigenvalue weighted by Gasteiger charge is -2.39. The predicted octanol–water partition coefficient (Wildman–Crippen LogP) is 3.77. The summed E-state index contributed by atoms with van der Waals surface area (Å²) in [6, 6.07) is 0. The molecule has 0 aromatic rings. The summed E-state index contributed by atoms with van der Waals surface area (Å²) in [6.45, 7) is 12.8. The molecule has 3 atom stereocenters. The van der Waals surface area contributed by atoms with Crippen LogP contribution in [-0.4, -0.2) is 19.5 Å². The molecule has 2 heteroatoms. The molecular weight excluding hydrogens is 200 g/mol. The first-order valence-corrected chi connectivity index (χ1v) is 6.18. The molecule has 0 amide bonds. The van der Waals surface area contributed by atoms with Crippen molar-refractivity contribution in [1.82, 2.24) is 0 Å². The van der Waals surface area contributed by atoms with Crippen molar-refractivity contribution in [1.29, 1.82) is 0 Å². The van der Waals surface area contributed by atoms with E-state index in [1.165, 1.54) is 6.42 Å². The molecule has 0 aromatic heterocycles. The summed E-state index contributed by atoms with van der Waals surface area (Å²) in [5.41, 5.74) is 1.33. The summed E-state index contributed by atoms with van der Waals surface area (Å²) >= 11 is 0. The van der Waals surface area contributed by atoms with Crippen LogP contribution in [0.4, 0.5) is 0 Å². The van der Waals surface area contributed by atoms with Gasteiger partial charge in [0.15, 0.2) is 6.29 Å². The predicted molar refractivity (Wildman–Crippen MR) is 67.3 cm³/mol. The molecule has 0 aromatic carbocycles. The monoisotopic (exact) mass is 226 g/mol. The van der Waals surface area contributed by atoms with Crippen LogP contribution >= 0.6 is 0 Å². The minimum atomic E-state index is -0.244. The fraction of sp³-hybridized carbons (Fsp3) is 0.857. The van der Waals surface area contributed by atoms with Crippen LogP contribution in [0.1, 0.15) is 47.0 Å². The summed E-state index contributed by atoms with van der Waals surface area (Å²) in [5.74, 6) is 0.733. The second kappa shape index (κ2) is 5.33. The minimum Gasteiger partial charge on any atom is -0.352 e. The molecule has 1 saturated carbocycles. The number of ether oxygens (including phenoxy) is 2. The molecule has 2 nitrogen and oxygen atoms in total. The van der Waals surface area contributed by atoms with Gasteiger partial charge < -0.3 is 9.47 Å². The molecule has 1 aliphatic carbocycles. The molecule has 1 fully saturated rings. The summed E-state index contributed by atoms with van der Waals surface area (Å²) < 4.78 is 11.3. The van der Waals surface area contributed by atoms with Crippen molar-refractivity contribution < 1.29 is 9.47 Å². The topological polar surface area (TPSA) is 18.5 Å². The fourth-order valence-electron chi connectivity index (χ4n) is 2.91. The Kier molecular flexibility index (Phi) is 4.57. The third-order valence-electron chi connectivity index (χ3n) is 3.28. The largest absolute Gasteiger partial charge is 0.352 e. The standard InChI is InChI=1S/C14H26O2/c1-10(2)13(15-6)16-12-7-11(3)8-14(4,5)9-12/h11-13H,1,7-9H2,2-6H3. The van der Waals surface area contributed by atoms with Crippen molar-refractivity contribution in [2.24, 2.45) is 11.3 Å². The smallest absolute Gasteiger partial charge is 0.179 e. The van der Waals surface area contributed by atoms with E-state index in [1.54, 1.807) is 7.11 Å². The molecular formula is C14H26O2. The highest BCUT2D eigenvalue weighted by Crippen LogP contribution is 2.40. The highest BCUT2D eigenvalue weighted by molar-refractivity contribution is 4.94. The van der Waals surface area contributed by atoms with Crippen LogP contribution in [0, 0.1) is 11.3 Å². The van der Waals surface area contributed by atoms with Crippen molar-refractivity contribution in [2.45, 2.75) is 59.4 Å². The molecule has 0 aliphatic heterocycles. The van der Waals surface area contributed by atoms with Gasteiger partial charge in [-0.05, 0) is 43.1 Å². The summed E-state index contributed by atoms with van der Waals surface area (Å²) in [7, 11) is 1.68. The molecule has 94 valence electrons. The Morgan fingerprint density at radius 1 is 1.38 bits per heavy atom. The Balaban J connectivity index is 2.56. The second-order valence-electron chi connectivity index (χ2n) is 6.09. The summed E-state index contributed by atoms with van der Waals surface area (Å²) in [6.07, 6.45) is 3.60. The highest BCUT2D eigenvalue weighted by atomic mass is 16.7. The van der Waals surface area contributed by atoms with E-state index in [4.69, 9.17) is 9.47 Å². The zero-order valence-electron chi connectivity index (χ0n) is 11.4. The van der Waals surface area contributed by atoms with Crippen LogP contribution in [0.15, 0.2) is 12.2 Å². The quantitative estimate of drug-likeness (QED) is 0.536. The maximum absolute atomic E-state index is 5.99. The van der Waals surface area contributed by atoms with E-state index >= 15 is 0 Å². The zero-order chi connectivity index (χ0) is 12.3. The Morgan fingerprint density at radius 2 is 2.00 bits per heavy atom. The second-order valence-corrected chi connectivity index (χ2v) is 6.09. The molecule has 0 spiro atoms. The van der Waals surface area contributed by atoms with Crippen molar-refractivity contribution >= 4 is 0 Å². The third-order valence-corrected chi connectivity index (χ3v) is 3.28. The number of hydrogen-bond acceptors (Lipinski definition) is 2. The average molecular weight is 226 g/mol. The molecule has 0 heterocycles. The van der Waals surface area contributed by atoms with Crippen molar-refractivity contribution in [3.05, 3.63) is 12.2 Å². The van der Waals surface area contributed by atoms with Gasteiger partial charge in [-0.25, -0.2) is 0 Å². The van der Waals surface area contributed by atoms with Gasteiger partial charge in [0.2, 0.25) is 0 Å². The molecule has 0 saturated heterocycles. The average Bonchev–Trinajstić information content (AvgIpc) is 2.10. The fourth-order valence-corrected chi connectivity index (χ4v) is 2.91. The lowest BCUT2D eigenvalue weighted by atomic mass is 9.71. The van der Waals surface area contributed by atoms with E-state index in [2.05, 4.69) is 27.4 Å². The molecule has 1 aliphatic rings. The normalized spacial score (nSPS) is 31.1. The van der Waals surface area contributed by atoms with Crippen LogP contribution in [0.25, 0.3) is 0 Å². The van der Waals surface area contributed by atoms with E-state index in [9.17, 15) is 0 Å². The van der Waals surface area contributed by atoms with Gasteiger partial charge in [0.25, 0.3) is 0 Å². The Bertz CT molecular complexity index is 245. The molecule has 0 N–H and O–H groups in total. The van der Waals surface area contributed by atoms with Crippen LogP contribution in [0.2, 0.25) is 0 Å². The summed E-state index contributed by atoms with van der Waals surface area (Å²) in [4.78, 5) is 0. The Hall–Kier alpha value is -0.340. The van der Waals surface area contributed by atoms with Gasteiger partial charge in [0.05, 0.1) is 6.10 Å². The molecule has 0 bridgehead atoms. The van der Waals surface area contributed by atoms with Crippen LogP contribution in [0.3, 0.4) is 0 Å². The van der Waals surface area contributed by atoms with Gasteiger partial charge in [-0.2, -0.15) is 0 Å². The summed E-state index contributed by atoms with van der Waals surface area (Å²) in [5, 5.41) is 0. The zero-order valence-corrected chi connectivity index (χ0v) is 11.4. The maximum atomic E-state index is 5.99. The van der Waals surface area contributed by atoms with Gasteiger partial charge in [-0.3, -0.25) is 0 Å². The molecule has 16 heavy (non-hydrogen) atoms. The first kappa shape index (κ1) is 13.7.